The Balaban J connectivity index is 1.70. The number of aromatic nitrogens is 1. The van der Waals surface area contributed by atoms with Crippen LogP contribution in [0, 0.1) is 12.7 Å². The first-order valence-corrected chi connectivity index (χ1v) is 8.18. The van der Waals surface area contributed by atoms with E-state index in [1.54, 1.807) is 34.4 Å². The van der Waals surface area contributed by atoms with E-state index in [1.807, 2.05) is 13.1 Å². The van der Waals surface area contributed by atoms with Crippen LogP contribution in [0.15, 0.2) is 30.5 Å². The molecule has 1 aliphatic heterocycles. The number of aryl methyl sites for hydroxylation is 1. The molecule has 0 N–H and O–H groups in total. The summed E-state index contributed by atoms with van der Waals surface area (Å²) in [5.74, 6) is -0.681. The average Bonchev–Trinajstić information content (AvgIpc) is 2.81. The molecule has 0 unspecified atom stereocenters. The number of halogens is 1. The fourth-order valence-corrected chi connectivity index (χ4v) is 3.42. The summed E-state index contributed by atoms with van der Waals surface area (Å²) in [6.07, 6.45) is 2.73. The quantitative estimate of drug-likeness (QED) is 0.854. The van der Waals surface area contributed by atoms with Crippen molar-refractivity contribution < 1.29 is 9.18 Å². The van der Waals surface area contributed by atoms with Gasteiger partial charge in [0.05, 0.1) is 5.56 Å². The van der Waals surface area contributed by atoms with Crippen molar-refractivity contribution in [1.29, 1.82) is 0 Å². The van der Waals surface area contributed by atoms with Gasteiger partial charge in [0.15, 0.2) is 5.13 Å². The van der Waals surface area contributed by atoms with Crippen LogP contribution in [0.3, 0.4) is 0 Å². The van der Waals surface area contributed by atoms with Gasteiger partial charge in [0.25, 0.3) is 5.91 Å². The van der Waals surface area contributed by atoms with Crippen LogP contribution in [0.1, 0.15) is 21.7 Å². The Hall–Kier alpha value is -1.95. The molecule has 3 rings (SSSR count). The van der Waals surface area contributed by atoms with Crippen molar-refractivity contribution in [1.82, 2.24) is 9.88 Å². The number of carbonyl (C=O) groups excluding carboxylic acids is 1. The van der Waals surface area contributed by atoms with Crippen molar-refractivity contribution in [3.63, 3.8) is 0 Å². The predicted octanol–water partition coefficient (Wildman–Crippen LogP) is 2.94. The summed E-state index contributed by atoms with van der Waals surface area (Å²) >= 11 is 1.66. The first kappa shape index (κ1) is 15.0. The molecule has 4 nitrogen and oxygen atoms in total. The molecule has 1 aliphatic rings. The second kappa shape index (κ2) is 6.44. The zero-order valence-corrected chi connectivity index (χ0v) is 13.3. The van der Waals surface area contributed by atoms with E-state index < -0.39 is 5.82 Å². The van der Waals surface area contributed by atoms with Gasteiger partial charge in [0, 0.05) is 37.3 Å². The highest BCUT2D eigenvalue weighted by molar-refractivity contribution is 7.15. The third-order valence-corrected chi connectivity index (χ3v) is 4.74. The lowest BCUT2D eigenvalue weighted by atomic mass is 10.2. The van der Waals surface area contributed by atoms with E-state index >= 15 is 0 Å². The minimum Gasteiger partial charge on any atom is -0.346 e. The van der Waals surface area contributed by atoms with Crippen molar-refractivity contribution in [2.45, 2.75) is 13.3 Å². The first-order valence-electron chi connectivity index (χ1n) is 7.36. The molecule has 0 saturated carbocycles. The van der Waals surface area contributed by atoms with Gasteiger partial charge in [-0.2, -0.15) is 0 Å². The smallest absolute Gasteiger partial charge is 0.256 e. The second-order valence-electron chi connectivity index (χ2n) is 5.37. The van der Waals surface area contributed by atoms with Gasteiger partial charge in [-0.15, -0.1) is 11.3 Å². The number of amides is 1. The zero-order chi connectivity index (χ0) is 15.5. The standard InChI is InChI=1S/C16H18FN3OS/c1-12-11-18-16(22-12)20-8-4-7-19(9-10-20)15(21)13-5-2-3-6-14(13)17/h2-3,5-6,11H,4,7-10H2,1H3. The lowest BCUT2D eigenvalue weighted by Gasteiger charge is -2.22. The summed E-state index contributed by atoms with van der Waals surface area (Å²) < 4.78 is 13.8. The van der Waals surface area contributed by atoms with Crippen molar-refractivity contribution in [3.8, 4) is 0 Å². The Labute approximate surface area is 133 Å². The number of carbonyl (C=O) groups is 1. The molecule has 2 heterocycles. The number of rotatable bonds is 2. The number of nitrogens with zero attached hydrogens (tertiary/aromatic N) is 3. The molecule has 0 radical (unpaired) electrons. The maximum absolute atomic E-state index is 13.8. The van der Waals surface area contributed by atoms with Crippen molar-refractivity contribution in [3.05, 3.63) is 46.7 Å². The highest BCUT2D eigenvalue weighted by Crippen LogP contribution is 2.23. The normalized spacial score (nSPS) is 15.7. The third kappa shape index (κ3) is 3.11. The summed E-state index contributed by atoms with van der Waals surface area (Å²) in [6.45, 7) is 4.87. The van der Waals surface area contributed by atoms with Crippen LogP contribution in [0.25, 0.3) is 0 Å². The Kier molecular flexibility index (Phi) is 4.38. The van der Waals surface area contributed by atoms with Crippen LogP contribution < -0.4 is 4.90 Å². The molecule has 1 aromatic heterocycles. The maximum Gasteiger partial charge on any atom is 0.256 e. The molecular formula is C16H18FN3OS. The van der Waals surface area contributed by atoms with Gasteiger partial charge in [-0.3, -0.25) is 4.79 Å². The summed E-state index contributed by atoms with van der Waals surface area (Å²) in [5, 5.41) is 0.998. The molecule has 1 fully saturated rings. The first-order chi connectivity index (χ1) is 10.6. The van der Waals surface area contributed by atoms with Crippen molar-refractivity contribution in [2.75, 3.05) is 31.1 Å². The molecule has 2 aromatic rings. The van der Waals surface area contributed by atoms with Gasteiger partial charge in [0.1, 0.15) is 5.82 Å². The van der Waals surface area contributed by atoms with E-state index in [1.165, 1.54) is 10.9 Å². The summed E-state index contributed by atoms with van der Waals surface area (Å²) in [7, 11) is 0. The van der Waals surface area contributed by atoms with E-state index in [4.69, 9.17) is 0 Å². The van der Waals surface area contributed by atoms with E-state index in [2.05, 4.69) is 9.88 Å². The molecule has 0 aliphatic carbocycles. The molecule has 1 aromatic carbocycles. The molecule has 0 atom stereocenters. The molecule has 0 bridgehead atoms. The largest absolute Gasteiger partial charge is 0.346 e. The highest BCUT2D eigenvalue weighted by atomic mass is 32.1. The Morgan fingerprint density at radius 1 is 1.23 bits per heavy atom. The molecular weight excluding hydrogens is 301 g/mol. The van der Waals surface area contributed by atoms with Gasteiger partial charge < -0.3 is 9.80 Å². The minimum atomic E-state index is -0.454. The predicted molar refractivity (Wildman–Crippen MR) is 86.0 cm³/mol. The third-order valence-electron chi connectivity index (χ3n) is 3.77. The van der Waals surface area contributed by atoms with E-state index in [0.29, 0.717) is 13.1 Å². The van der Waals surface area contributed by atoms with Crippen LogP contribution in [0.2, 0.25) is 0 Å². The fraction of sp³-hybridized carbons (Fsp3) is 0.375. The molecule has 22 heavy (non-hydrogen) atoms. The fourth-order valence-electron chi connectivity index (χ4n) is 2.61. The maximum atomic E-state index is 13.8. The zero-order valence-electron chi connectivity index (χ0n) is 12.5. The molecule has 6 heteroatoms. The topological polar surface area (TPSA) is 36.4 Å². The van der Waals surface area contributed by atoms with Crippen LogP contribution in [-0.4, -0.2) is 42.0 Å². The van der Waals surface area contributed by atoms with Crippen molar-refractivity contribution >= 4 is 22.4 Å². The van der Waals surface area contributed by atoms with Gasteiger partial charge in [-0.05, 0) is 25.5 Å². The van der Waals surface area contributed by atoms with Gasteiger partial charge in [-0.25, -0.2) is 9.37 Å². The van der Waals surface area contributed by atoms with E-state index in [0.717, 1.165) is 24.6 Å². The van der Waals surface area contributed by atoms with Crippen LogP contribution in [0.4, 0.5) is 9.52 Å². The summed E-state index contributed by atoms with van der Waals surface area (Å²) in [4.78, 5) is 22.0. The van der Waals surface area contributed by atoms with Crippen LogP contribution in [-0.2, 0) is 0 Å². The highest BCUT2D eigenvalue weighted by Gasteiger charge is 2.23. The number of benzene rings is 1. The summed E-state index contributed by atoms with van der Waals surface area (Å²) in [5.41, 5.74) is 0.154. The number of hydrogen-bond donors (Lipinski definition) is 0. The average molecular weight is 319 g/mol. The number of hydrogen-bond acceptors (Lipinski definition) is 4. The minimum absolute atomic E-state index is 0.154. The van der Waals surface area contributed by atoms with E-state index in [-0.39, 0.29) is 11.5 Å². The Bertz CT molecular complexity index is 673. The van der Waals surface area contributed by atoms with Crippen molar-refractivity contribution in [2.24, 2.45) is 0 Å². The van der Waals surface area contributed by atoms with Crippen LogP contribution >= 0.6 is 11.3 Å². The van der Waals surface area contributed by atoms with Gasteiger partial charge in [0.2, 0.25) is 0 Å². The Morgan fingerprint density at radius 2 is 2.05 bits per heavy atom. The van der Waals surface area contributed by atoms with Gasteiger partial charge in [-0.1, -0.05) is 12.1 Å². The molecule has 1 saturated heterocycles. The van der Waals surface area contributed by atoms with Gasteiger partial charge >= 0.3 is 0 Å². The van der Waals surface area contributed by atoms with E-state index in [9.17, 15) is 9.18 Å². The van der Waals surface area contributed by atoms with Crippen LogP contribution in [0.5, 0.6) is 0 Å². The SMILES string of the molecule is Cc1cnc(N2CCCN(C(=O)c3ccccc3F)CC2)s1. The number of thiazole rings is 1. The lowest BCUT2D eigenvalue weighted by molar-refractivity contribution is 0.0762. The monoisotopic (exact) mass is 319 g/mol. The molecule has 116 valence electrons. The molecule has 1 amide bonds. The lowest BCUT2D eigenvalue weighted by Crippen LogP contribution is -2.35. The number of anilines is 1. The second-order valence-corrected chi connectivity index (χ2v) is 6.58. The Morgan fingerprint density at radius 3 is 2.77 bits per heavy atom. The summed E-state index contributed by atoms with van der Waals surface area (Å²) in [6, 6.07) is 6.17. The molecule has 0 spiro atoms.